The molecule has 0 amide bonds. The molecule has 0 aliphatic heterocycles. The number of fused-ring (bicyclic) bond motifs is 2. The third-order valence-electron chi connectivity index (χ3n) is 10.7. The predicted molar refractivity (Wildman–Crippen MR) is 198 cm³/mol. The lowest BCUT2D eigenvalue weighted by atomic mass is 9.83. The molecular weight excluding hydrogens is 694 g/mol. The maximum Gasteiger partial charge on any atom is 0.319 e. The highest BCUT2D eigenvalue weighted by Crippen LogP contribution is 2.45. The number of hydrogen-bond acceptors (Lipinski definition) is 6. The number of aromatic hydroxyl groups is 1. The van der Waals surface area contributed by atoms with Gasteiger partial charge in [0, 0.05) is 45.4 Å². The fraction of sp³-hybridized carbons (Fsp3) is 0.256. The number of carbonyl (C=O) groups is 4. The molecule has 276 valence electrons. The topological polar surface area (TPSA) is 128 Å². The minimum atomic E-state index is -1.17. The SMILES string of the molecule is Cc1ccc(C(=O)n2c(C)c(CC(=O)O)c3cc(OC(=O)C(c4c(C)n(C(=O)c5ccc(C)cc5)c5cc(F)c(O)cc45)C4CCCC4)c(F)cc32)cc1. The molecule has 1 aliphatic carbocycles. The number of nitrogens with zero attached hydrogens (tertiary/aromatic N) is 2. The molecule has 1 unspecified atom stereocenters. The number of phenolic OH excluding ortho intramolecular Hbond substituents is 1. The molecule has 2 N–H and O–H groups in total. The Bertz CT molecular complexity index is 2510. The maximum absolute atomic E-state index is 16.1. The van der Waals surface area contributed by atoms with Crippen LogP contribution in [0.2, 0.25) is 0 Å². The van der Waals surface area contributed by atoms with Crippen molar-refractivity contribution in [3.8, 4) is 11.5 Å². The summed E-state index contributed by atoms with van der Waals surface area (Å²) in [5, 5.41) is 20.8. The van der Waals surface area contributed by atoms with Gasteiger partial charge in [0.15, 0.2) is 23.1 Å². The summed E-state index contributed by atoms with van der Waals surface area (Å²) in [6, 6.07) is 18.2. The van der Waals surface area contributed by atoms with Gasteiger partial charge < -0.3 is 14.9 Å². The molecule has 2 heterocycles. The van der Waals surface area contributed by atoms with E-state index in [4.69, 9.17) is 4.74 Å². The van der Waals surface area contributed by atoms with E-state index >= 15 is 4.39 Å². The quantitative estimate of drug-likeness (QED) is 0.118. The first-order chi connectivity index (χ1) is 25.7. The Morgan fingerprint density at radius 2 is 1.26 bits per heavy atom. The zero-order valence-electron chi connectivity index (χ0n) is 30.2. The summed E-state index contributed by atoms with van der Waals surface area (Å²) in [6.07, 6.45) is 2.40. The van der Waals surface area contributed by atoms with Crippen LogP contribution in [-0.2, 0) is 16.0 Å². The first-order valence-electron chi connectivity index (χ1n) is 17.8. The first-order valence-corrected chi connectivity index (χ1v) is 17.8. The van der Waals surface area contributed by atoms with Crippen molar-refractivity contribution in [1.82, 2.24) is 9.13 Å². The lowest BCUT2D eigenvalue weighted by Gasteiger charge is -2.23. The zero-order chi connectivity index (χ0) is 38.6. The van der Waals surface area contributed by atoms with Crippen LogP contribution >= 0.6 is 0 Å². The number of aliphatic carboxylic acids is 1. The van der Waals surface area contributed by atoms with Crippen LogP contribution in [0, 0.1) is 45.2 Å². The number of carboxylic acids is 1. The van der Waals surface area contributed by atoms with Crippen molar-refractivity contribution >= 4 is 45.6 Å². The molecule has 7 rings (SSSR count). The van der Waals surface area contributed by atoms with Crippen LogP contribution < -0.4 is 4.74 Å². The minimum absolute atomic E-state index is 0.116. The van der Waals surface area contributed by atoms with Crippen LogP contribution in [0.4, 0.5) is 8.78 Å². The van der Waals surface area contributed by atoms with Crippen LogP contribution in [0.5, 0.6) is 11.5 Å². The van der Waals surface area contributed by atoms with Crippen molar-refractivity contribution in [2.75, 3.05) is 0 Å². The highest BCUT2D eigenvalue weighted by atomic mass is 19.1. The Kier molecular flexibility index (Phi) is 9.43. The smallest absolute Gasteiger partial charge is 0.319 e. The van der Waals surface area contributed by atoms with Crippen LogP contribution in [-0.4, -0.2) is 43.1 Å². The molecule has 0 radical (unpaired) electrons. The Balaban J connectivity index is 1.36. The third-order valence-corrected chi connectivity index (χ3v) is 10.7. The van der Waals surface area contributed by atoms with Gasteiger partial charge in [0.2, 0.25) is 0 Å². The van der Waals surface area contributed by atoms with E-state index in [2.05, 4.69) is 0 Å². The number of carboxylic acid groups (broad SMARTS) is 1. The number of esters is 1. The number of phenols is 1. The van der Waals surface area contributed by atoms with E-state index in [9.17, 15) is 33.8 Å². The second-order valence-electron chi connectivity index (χ2n) is 14.2. The normalized spacial score (nSPS) is 13.8. The monoisotopic (exact) mass is 732 g/mol. The van der Waals surface area contributed by atoms with E-state index in [1.165, 1.54) is 21.3 Å². The molecule has 6 aromatic rings. The summed E-state index contributed by atoms with van der Waals surface area (Å²) < 4.78 is 39.6. The summed E-state index contributed by atoms with van der Waals surface area (Å²) >= 11 is 0. The van der Waals surface area contributed by atoms with E-state index < -0.39 is 59.2 Å². The van der Waals surface area contributed by atoms with E-state index in [1.54, 1.807) is 62.4 Å². The minimum Gasteiger partial charge on any atom is -0.505 e. The number of aromatic nitrogens is 2. The summed E-state index contributed by atoms with van der Waals surface area (Å²) in [4.78, 5) is 54.2. The third kappa shape index (κ3) is 6.33. The van der Waals surface area contributed by atoms with Crippen molar-refractivity contribution < 1.29 is 42.9 Å². The summed E-state index contributed by atoms with van der Waals surface area (Å²) in [6.45, 7) is 6.98. The van der Waals surface area contributed by atoms with Crippen molar-refractivity contribution in [3.05, 3.63) is 129 Å². The summed E-state index contributed by atoms with van der Waals surface area (Å²) in [7, 11) is 0. The predicted octanol–water partition coefficient (Wildman–Crippen LogP) is 8.70. The number of hydrogen-bond donors (Lipinski definition) is 2. The van der Waals surface area contributed by atoms with Crippen LogP contribution in [0.15, 0.2) is 72.8 Å². The van der Waals surface area contributed by atoms with Crippen molar-refractivity contribution in [2.24, 2.45) is 5.92 Å². The van der Waals surface area contributed by atoms with Crippen LogP contribution in [0.25, 0.3) is 21.8 Å². The Hall–Kier alpha value is -6.10. The molecule has 2 aromatic heterocycles. The number of benzene rings is 4. The number of carbonyl (C=O) groups excluding carboxylic acids is 3. The molecule has 9 nitrogen and oxygen atoms in total. The molecule has 0 saturated heterocycles. The van der Waals surface area contributed by atoms with E-state index in [1.807, 2.05) is 13.8 Å². The fourth-order valence-electron chi connectivity index (χ4n) is 7.96. The van der Waals surface area contributed by atoms with Gasteiger partial charge in [-0.3, -0.25) is 28.3 Å². The molecule has 4 aromatic carbocycles. The van der Waals surface area contributed by atoms with Crippen molar-refractivity contribution in [3.63, 3.8) is 0 Å². The van der Waals surface area contributed by atoms with Gasteiger partial charge in [0.1, 0.15) is 0 Å². The van der Waals surface area contributed by atoms with Gasteiger partial charge in [-0.1, -0.05) is 48.2 Å². The van der Waals surface area contributed by atoms with Crippen LogP contribution in [0.1, 0.15) is 86.0 Å². The number of halogens is 2. The molecule has 54 heavy (non-hydrogen) atoms. The highest BCUT2D eigenvalue weighted by Gasteiger charge is 2.39. The molecule has 11 heteroatoms. The average Bonchev–Trinajstić information content (AvgIpc) is 3.82. The zero-order valence-corrected chi connectivity index (χ0v) is 30.2. The number of rotatable bonds is 8. The average molecular weight is 733 g/mol. The molecule has 0 bridgehead atoms. The van der Waals surface area contributed by atoms with Gasteiger partial charge in [0.25, 0.3) is 11.8 Å². The first kappa shape index (κ1) is 36.3. The number of ether oxygens (including phenoxy) is 1. The van der Waals surface area contributed by atoms with Gasteiger partial charge in [-0.25, -0.2) is 8.78 Å². The Morgan fingerprint density at radius 3 is 1.81 bits per heavy atom. The molecule has 1 fully saturated rings. The second kappa shape index (κ2) is 14.0. The van der Waals surface area contributed by atoms with E-state index in [0.717, 1.165) is 36.1 Å². The molecule has 0 spiro atoms. The van der Waals surface area contributed by atoms with Gasteiger partial charge in [-0.05, 0) is 94.0 Å². The lowest BCUT2D eigenvalue weighted by Crippen LogP contribution is -2.26. The maximum atomic E-state index is 16.1. The fourth-order valence-corrected chi connectivity index (χ4v) is 7.96. The lowest BCUT2D eigenvalue weighted by molar-refractivity contribution is -0.138. The van der Waals surface area contributed by atoms with E-state index in [-0.39, 0.29) is 33.3 Å². The van der Waals surface area contributed by atoms with Gasteiger partial charge >= 0.3 is 11.9 Å². The molecular formula is C43H38F2N2O7. The summed E-state index contributed by atoms with van der Waals surface area (Å²) in [5.74, 6) is -7.31. The molecule has 1 saturated carbocycles. The molecule has 1 aliphatic rings. The number of aryl methyl sites for hydroxylation is 2. The second-order valence-corrected chi connectivity index (χ2v) is 14.2. The highest BCUT2D eigenvalue weighted by molar-refractivity contribution is 6.07. The van der Waals surface area contributed by atoms with Gasteiger partial charge in [-0.15, -0.1) is 0 Å². The van der Waals surface area contributed by atoms with E-state index in [0.29, 0.717) is 40.9 Å². The largest absolute Gasteiger partial charge is 0.505 e. The van der Waals surface area contributed by atoms with Crippen molar-refractivity contribution in [2.45, 2.75) is 65.7 Å². The Morgan fingerprint density at radius 1 is 0.741 bits per heavy atom. The standard InChI is InChI=1S/C43H38F2N2O7/c1-22-9-13-27(14-10-22)41(51)46-24(3)29(19-38(49)50)30-18-37(33(45)21-34(30)46)54-43(53)40(26-7-5-6-8-26)39-25(4)47(35-20-32(44)36(48)17-31(35)39)42(52)28-15-11-23(2)12-16-28/h9-18,20-21,26,40,48H,5-8,19H2,1-4H3,(H,49,50). The van der Waals surface area contributed by atoms with Crippen LogP contribution in [0.3, 0.4) is 0 Å². The molecule has 1 atom stereocenters. The van der Waals surface area contributed by atoms with Gasteiger partial charge in [0.05, 0.1) is 23.4 Å². The summed E-state index contributed by atoms with van der Waals surface area (Å²) in [5.41, 5.74) is 4.05. The van der Waals surface area contributed by atoms with Crippen molar-refractivity contribution in [1.29, 1.82) is 0 Å². The van der Waals surface area contributed by atoms with Gasteiger partial charge in [-0.2, -0.15) is 0 Å². The Labute approximate surface area is 309 Å².